The molecule has 0 aliphatic heterocycles. The van der Waals surface area contributed by atoms with E-state index in [2.05, 4.69) is 5.16 Å². The van der Waals surface area contributed by atoms with Crippen LogP contribution in [0.25, 0.3) is 0 Å². The number of rotatable bonds is 7. The second kappa shape index (κ2) is 7.16. The molecule has 1 rings (SSSR count). The molecule has 0 fully saturated rings. The minimum absolute atomic E-state index is 0.0251. The van der Waals surface area contributed by atoms with Crippen LogP contribution in [0.2, 0.25) is 0 Å². The lowest BCUT2D eigenvalue weighted by molar-refractivity contribution is -0.137. The number of carboxylic acids is 1. The molecule has 5 heteroatoms. The standard InChI is InChI=1S/C12H13NO4/c14-9-11(10-5-2-1-3-6-10)13-17-8-4-7-12(15)16/h1-3,5-6,9H,4,7-8H2,(H,15,16)/b13-11+. The first-order chi connectivity index (χ1) is 8.24. The van der Waals surface area contributed by atoms with Gasteiger partial charge in [-0.05, 0) is 6.42 Å². The lowest BCUT2D eigenvalue weighted by Gasteiger charge is -2.00. The van der Waals surface area contributed by atoms with Gasteiger partial charge in [-0.3, -0.25) is 9.59 Å². The summed E-state index contributed by atoms with van der Waals surface area (Å²) in [6.07, 6.45) is 0.990. The van der Waals surface area contributed by atoms with Crippen molar-refractivity contribution in [3.8, 4) is 0 Å². The summed E-state index contributed by atoms with van der Waals surface area (Å²) in [5.74, 6) is -0.878. The number of hydrogen-bond acceptors (Lipinski definition) is 4. The molecule has 1 aromatic carbocycles. The van der Waals surface area contributed by atoms with E-state index >= 15 is 0 Å². The second-order valence-corrected chi connectivity index (χ2v) is 3.29. The molecule has 0 radical (unpaired) electrons. The van der Waals surface area contributed by atoms with Crippen LogP contribution in [0, 0.1) is 0 Å². The molecule has 5 nitrogen and oxygen atoms in total. The zero-order chi connectivity index (χ0) is 12.5. The van der Waals surface area contributed by atoms with Crippen LogP contribution in [0.1, 0.15) is 18.4 Å². The molecule has 1 aromatic rings. The van der Waals surface area contributed by atoms with Crippen LogP contribution < -0.4 is 0 Å². The Bertz CT molecular complexity index is 400. The Morgan fingerprint density at radius 1 is 1.35 bits per heavy atom. The molecule has 17 heavy (non-hydrogen) atoms. The third kappa shape index (κ3) is 4.92. The van der Waals surface area contributed by atoms with Gasteiger partial charge in [0.2, 0.25) is 0 Å². The van der Waals surface area contributed by atoms with Crippen LogP contribution in [-0.2, 0) is 14.4 Å². The number of oxime groups is 1. The fourth-order valence-corrected chi connectivity index (χ4v) is 1.15. The van der Waals surface area contributed by atoms with Gasteiger partial charge in [-0.15, -0.1) is 0 Å². The van der Waals surface area contributed by atoms with Gasteiger partial charge in [0.1, 0.15) is 12.3 Å². The van der Waals surface area contributed by atoms with Crippen LogP contribution in [0.3, 0.4) is 0 Å². The maximum absolute atomic E-state index is 10.8. The van der Waals surface area contributed by atoms with Crippen molar-refractivity contribution in [1.82, 2.24) is 0 Å². The molecule has 0 saturated heterocycles. The van der Waals surface area contributed by atoms with Gasteiger partial charge < -0.3 is 9.94 Å². The number of aliphatic carboxylic acids is 1. The highest BCUT2D eigenvalue weighted by atomic mass is 16.6. The summed E-state index contributed by atoms with van der Waals surface area (Å²) in [6.45, 7) is 0.177. The molecule has 1 N–H and O–H groups in total. The number of carbonyl (C=O) groups excluding carboxylic acids is 1. The topological polar surface area (TPSA) is 76.0 Å². The molecule has 0 spiro atoms. The first-order valence-electron chi connectivity index (χ1n) is 5.16. The number of hydrogen-bond donors (Lipinski definition) is 1. The van der Waals surface area contributed by atoms with E-state index < -0.39 is 5.97 Å². The van der Waals surface area contributed by atoms with Gasteiger partial charge in [0.05, 0.1) is 0 Å². The highest BCUT2D eigenvalue weighted by molar-refractivity contribution is 6.36. The second-order valence-electron chi connectivity index (χ2n) is 3.29. The largest absolute Gasteiger partial charge is 0.481 e. The van der Waals surface area contributed by atoms with Crippen LogP contribution in [0.15, 0.2) is 35.5 Å². The van der Waals surface area contributed by atoms with E-state index in [-0.39, 0.29) is 18.7 Å². The van der Waals surface area contributed by atoms with Crippen molar-refractivity contribution < 1.29 is 19.5 Å². The number of benzene rings is 1. The Kier molecular flexibility index (Phi) is 5.43. The van der Waals surface area contributed by atoms with E-state index in [1.54, 1.807) is 24.3 Å². The summed E-state index contributed by atoms with van der Waals surface area (Å²) in [5.41, 5.74) is 0.863. The van der Waals surface area contributed by atoms with Crippen molar-refractivity contribution in [3.05, 3.63) is 35.9 Å². The van der Waals surface area contributed by atoms with E-state index in [9.17, 15) is 9.59 Å². The van der Waals surface area contributed by atoms with E-state index in [4.69, 9.17) is 9.94 Å². The molecule has 0 aromatic heterocycles. The minimum Gasteiger partial charge on any atom is -0.481 e. The monoisotopic (exact) mass is 235 g/mol. The van der Waals surface area contributed by atoms with Crippen molar-refractivity contribution >= 4 is 18.0 Å². The summed E-state index contributed by atoms with van der Waals surface area (Å²) in [6, 6.07) is 8.90. The number of carbonyl (C=O) groups is 2. The minimum atomic E-state index is -0.878. The molecular formula is C12H13NO4. The van der Waals surface area contributed by atoms with Gasteiger partial charge in [0.25, 0.3) is 0 Å². The fraction of sp³-hybridized carbons (Fsp3) is 0.250. The van der Waals surface area contributed by atoms with E-state index in [0.717, 1.165) is 0 Å². The Labute approximate surface area is 98.7 Å². The van der Waals surface area contributed by atoms with Gasteiger partial charge in [0, 0.05) is 12.0 Å². The van der Waals surface area contributed by atoms with E-state index in [1.165, 1.54) is 0 Å². The van der Waals surface area contributed by atoms with Gasteiger partial charge in [-0.25, -0.2) is 0 Å². The van der Waals surface area contributed by atoms with Crippen LogP contribution in [0.5, 0.6) is 0 Å². The normalized spacial score (nSPS) is 10.9. The Balaban J connectivity index is 2.46. The van der Waals surface area contributed by atoms with Crippen molar-refractivity contribution in [2.75, 3.05) is 6.61 Å². The maximum Gasteiger partial charge on any atom is 0.303 e. The third-order valence-corrected chi connectivity index (χ3v) is 1.97. The molecule has 0 bridgehead atoms. The molecule has 90 valence electrons. The van der Waals surface area contributed by atoms with E-state index in [0.29, 0.717) is 18.3 Å². The number of carboxylic acid groups (broad SMARTS) is 1. The molecule has 0 unspecified atom stereocenters. The molecule has 0 atom stereocenters. The lowest BCUT2D eigenvalue weighted by atomic mass is 10.1. The summed E-state index contributed by atoms with van der Waals surface area (Å²) >= 11 is 0. The van der Waals surface area contributed by atoms with Crippen LogP contribution in [-0.4, -0.2) is 29.7 Å². The Hall–Kier alpha value is -2.17. The molecule has 0 aliphatic rings. The van der Waals surface area contributed by atoms with Crippen molar-refractivity contribution in [2.24, 2.45) is 5.16 Å². The predicted molar refractivity (Wildman–Crippen MR) is 61.9 cm³/mol. The smallest absolute Gasteiger partial charge is 0.303 e. The van der Waals surface area contributed by atoms with Gasteiger partial charge in [-0.2, -0.15) is 0 Å². The SMILES string of the molecule is O=C/C(=N\OCCCC(=O)O)c1ccccc1. The van der Waals surface area contributed by atoms with Crippen LogP contribution >= 0.6 is 0 Å². The average molecular weight is 235 g/mol. The van der Waals surface area contributed by atoms with Gasteiger partial charge in [0.15, 0.2) is 6.29 Å². The lowest BCUT2D eigenvalue weighted by Crippen LogP contribution is -2.04. The van der Waals surface area contributed by atoms with Crippen molar-refractivity contribution in [3.63, 3.8) is 0 Å². The Morgan fingerprint density at radius 3 is 2.65 bits per heavy atom. The molecular weight excluding hydrogens is 222 g/mol. The first-order valence-corrected chi connectivity index (χ1v) is 5.16. The quantitative estimate of drug-likeness (QED) is 0.336. The first kappa shape index (κ1) is 12.9. The summed E-state index contributed by atoms with van der Waals surface area (Å²) in [5, 5.41) is 12.1. The number of nitrogens with zero attached hydrogens (tertiary/aromatic N) is 1. The molecule has 0 amide bonds. The zero-order valence-corrected chi connectivity index (χ0v) is 9.20. The maximum atomic E-state index is 10.8. The van der Waals surface area contributed by atoms with Gasteiger partial charge in [-0.1, -0.05) is 35.5 Å². The average Bonchev–Trinajstić information content (AvgIpc) is 2.34. The van der Waals surface area contributed by atoms with E-state index in [1.807, 2.05) is 6.07 Å². The highest BCUT2D eigenvalue weighted by Crippen LogP contribution is 2.00. The number of aldehydes is 1. The Morgan fingerprint density at radius 2 is 2.06 bits per heavy atom. The molecule has 0 saturated carbocycles. The van der Waals surface area contributed by atoms with Crippen LogP contribution in [0.4, 0.5) is 0 Å². The van der Waals surface area contributed by atoms with Crippen molar-refractivity contribution in [2.45, 2.75) is 12.8 Å². The van der Waals surface area contributed by atoms with Crippen molar-refractivity contribution in [1.29, 1.82) is 0 Å². The molecule has 0 heterocycles. The van der Waals surface area contributed by atoms with Gasteiger partial charge >= 0.3 is 5.97 Å². The zero-order valence-electron chi connectivity index (χ0n) is 9.20. The predicted octanol–water partition coefficient (Wildman–Crippen LogP) is 1.47. The summed E-state index contributed by atoms with van der Waals surface area (Å²) < 4.78 is 0. The molecule has 0 aliphatic carbocycles. The fourth-order valence-electron chi connectivity index (χ4n) is 1.15. The summed E-state index contributed by atoms with van der Waals surface area (Å²) in [4.78, 5) is 25.9. The summed E-state index contributed by atoms with van der Waals surface area (Å²) in [7, 11) is 0. The highest BCUT2D eigenvalue weighted by Gasteiger charge is 2.02. The third-order valence-electron chi connectivity index (χ3n) is 1.97.